The van der Waals surface area contributed by atoms with Gasteiger partial charge in [-0.15, -0.1) is 0 Å². The Morgan fingerprint density at radius 2 is 0.466 bits per heavy atom. The fourth-order valence-electron chi connectivity index (χ4n) is 13.1. The van der Waals surface area contributed by atoms with Crippen LogP contribution in [0.15, 0.2) is 0 Å². The molecule has 0 aliphatic rings. The lowest BCUT2D eigenvalue weighted by Gasteiger charge is -2.21. The van der Waals surface area contributed by atoms with Gasteiger partial charge in [-0.3, -0.25) is 37.3 Å². The summed E-state index contributed by atoms with van der Waals surface area (Å²) in [6.07, 6.45) is 69.9. The van der Waals surface area contributed by atoms with E-state index in [0.29, 0.717) is 25.7 Å². The van der Waals surface area contributed by atoms with Crippen molar-refractivity contribution >= 4 is 39.5 Å². The molecule has 0 saturated carbocycles. The predicted octanol–water partition coefficient (Wildman–Crippen LogP) is 25.6. The molecule has 3 N–H and O–H groups in total. The molecule has 0 fully saturated rings. The number of ether oxygens (including phenoxy) is 4. The van der Waals surface area contributed by atoms with Gasteiger partial charge in [0.25, 0.3) is 0 Å². The van der Waals surface area contributed by atoms with Gasteiger partial charge in [0.2, 0.25) is 0 Å². The Bertz CT molecular complexity index is 1960. The molecular weight excluding hydrogens is 1340 g/mol. The summed E-state index contributed by atoms with van der Waals surface area (Å²) in [5.41, 5.74) is 0. The van der Waals surface area contributed by atoms with Crippen LogP contribution in [0.3, 0.4) is 0 Å². The summed E-state index contributed by atoms with van der Waals surface area (Å²) < 4.78 is 68.6. The van der Waals surface area contributed by atoms with E-state index in [4.69, 9.17) is 37.0 Å². The molecule has 0 aromatic heterocycles. The van der Waals surface area contributed by atoms with E-state index in [1.807, 2.05) is 0 Å². The Balaban J connectivity index is 5.10. The first-order valence-electron chi connectivity index (χ1n) is 43.7. The Morgan fingerprint density at radius 3 is 0.689 bits per heavy atom. The minimum atomic E-state index is -4.96. The number of hydrogen-bond acceptors (Lipinski definition) is 15. The first-order chi connectivity index (χ1) is 50.1. The van der Waals surface area contributed by atoms with Gasteiger partial charge in [-0.25, -0.2) is 9.13 Å². The first-order valence-corrected chi connectivity index (χ1v) is 46.7. The molecule has 0 aliphatic carbocycles. The average Bonchev–Trinajstić information content (AvgIpc) is 0.981. The molecule has 0 aromatic carbocycles. The van der Waals surface area contributed by atoms with Gasteiger partial charge in [0, 0.05) is 25.7 Å². The topological polar surface area (TPSA) is 237 Å². The quantitative estimate of drug-likeness (QED) is 0.0222. The molecule has 612 valence electrons. The van der Waals surface area contributed by atoms with Crippen LogP contribution >= 0.6 is 15.6 Å². The summed E-state index contributed by atoms with van der Waals surface area (Å²) >= 11 is 0. The van der Waals surface area contributed by atoms with Crippen molar-refractivity contribution in [2.24, 2.45) is 5.92 Å². The number of aliphatic hydroxyl groups is 1. The lowest BCUT2D eigenvalue weighted by Crippen LogP contribution is -2.30. The maximum absolute atomic E-state index is 13.1. The van der Waals surface area contributed by atoms with E-state index >= 15 is 0 Å². The van der Waals surface area contributed by atoms with Gasteiger partial charge in [-0.1, -0.05) is 401 Å². The third kappa shape index (κ3) is 76.6. The van der Waals surface area contributed by atoms with Crippen molar-refractivity contribution in [3.8, 4) is 0 Å². The van der Waals surface area contributed by atoms with Gasteiger partial charge in [-0.2, -0.15) is 0 Å². The third-order valence-corrected chi connectivity index (χ3v) is 22.0. The molecular formula is C84H164O17P2. The van der Waals surface area contributed by atoms with Gasteiger partial charge in [0.1, 0.15) is 19.3 Å². The second-order valence-electron chi connectivity index (χ2n) is 30.5. The highest BCUT2D eigenvalue weighted by molar-refractivity contribution is 7.47. The smallest absolute Gasteiger partial charge is 0.462 e. The number of phosphoric acid groups is 2. The molecule has 0 heterocycles. The van der Waals surface area contributed by atoms with Crippen molar-refractivity contribution < 1.29 is 80.2 Å². The van der Waals surface area contributed by atoms with Crippen molar-refractivity contribution in [3.05, 3.63) is 0 Å². The highest BCUT2D eigenvalue weighted by atomic mass is 31.2. The number of phosphoric ester groups is 2. The minimum absolute atomic E-state index is 0.108. The van der Waals surface area contributed by atoms with Crippen molar-refractivity contribution in [1.82, 2.24) is 0 Å². The molecule has 0 aromatic rings. The first kappa shape index (κ1) is 101. The van der Waals surface area contributed by atoms with Crippen LogP contribution in [0.5, 0.6) is 0 Å². The van der Waals surface area contributed by atoms with Crippen molar-refractivity contribution in [2.75, 3.05) is 39.6 Å². The van der Waals surface area contributed by atoms with Crippen LogP contribution < -0.4 is 0 Å². The number of carbonyl (C=O) groups excluding carboxylic acids is 4. The number of esters is 4. The highest BCUT2D eigenvalue weighted by Crippen LogP contribution is 2.45. The maximum Gasteiger partial charge on any atom is 0.472 e. The second-order valence-corrected chi connectivity index (χ2v) is 33.4. The van der Waals surface area contributed by atoms with Crippen LogP contribution in [0.2, 0.25) is 0 Å². The van der Waals surface area contributed by atoms with Crippen LogP contribution in [0.1, 0.15) is 452 Å². The SMILES string of the molecule is CCCCCCCCCCCCCCCCCCCCCC(=O)OC[C@H](COP(=O)(O)OC[C@@H](O)COP(=O)(O)OC[C@@H](COC(=O)CCCCCCC)OC(=O)CCCCCCCCCCCCCCCCCCC)OC(=O)CCCCCCCCCCCCCCCCCCCCC(C)CC. The van der Waals surface area contributed by atoms with Crippen molar-refractivity contribution in [3.63, 3.8) is 0 Å². The molecule has 0 rings (SSSR count). The van der Waals surface area contributed by atoms with Crippen LogP contribution in [0.25, 0.3) is 0 Å². The third-order valence-electron chi connectivity index (χ3n) is 20.1. The number of carbonyl (C=O) groups is 4. The molecule has 0 radical (unpaired) electrons. The molecule has 19 heteroatoms. The normalized spacial score (nSPS) is 14.1. The zero-order valence-electron chi connectivity index (χ0n) is 67.5. The van der Waals surface area contributed by atoms with E-state index in [1.165, 1.54) is 270 Å². The largest absolute Gasteiger partial charge is 0.472 e. The van der Waals surface area contributed by atoms with E-state index in [-0.39, 0.29) is 25.7 Å². The molecule has 0 amide bonds. The standard InChI is InChI=1S/C84H164O17P2/c1-6-10-13-16-18-20-22-24-26-28-29-34-37-41-45-49-53-58-63-68-82(87)95-74-80(101-84(89)70-65-60-55-51-47-43-39-35-31-30-33-36-40-44-48-52-57-61-66-77(5)9-4)76-99-103(92,93)97-72-78(85)71-96-102(90,91)98-75-79(73-94-81(86)67-62-56-15-12-8-3)100-83(88)69-64-59-54-50-46-42-38-32-27-25-23-21-19-17-14-11-7-2/h77-80,85H,6-76H2,1-5H3,(H,90,91)(H,92,93)/t77?,78-,79+,80+/m0/s1. The van der Waals surface area contributed by atoms with Crippen LogP contribution in [-0.4, -0.2) is 96.7 Å². The lowest BCUT2D eigenvalue weighted by atomic mass is 9.99. The lowest BCUT2D eigenvalue weighted by molar-refractivity contribution is -0.161. The van der Waals surface area contributed by atoms with E-state index in [2.05, 4.69) is 34.6 Å². The number of unbranched alkanes of at least 4 members (excludes halogenated alkanes) is 55. The monoisotopic (exact) mass is 1510 g/mol. The Kier molecular flexibility index (Phi) is 75.4. The molecule has 103 heavy (non-hydrogen) atoms. The summed E-state index contributed by atoms with van der Waals surface area (Å²) in [4.78, 5) is 72.8. The van der Waals surface area contributed by atoms with E-state index in [9.17, 15) is 43.2 Å². The zero-order valence-corrected chi connectivity index (χ0v) is 69.3. The van der Waals surface area contributed by atoms with Crippen LogP contribution in [0, 0.1) is 5.92 Å². The Morgan fingerprint density at radius 1 is 0.272 bits per heavy atom. The fraction of sp³-hybridized carbons (Fsp3) is 0.952. The molecule has 6 atom stereocenters. The maximum atomic E-state index is 13.1. The van der Waals surface area contributed by atoms with Crippen molar-refractivity contribution in [2.45, 2.75) is 470 Å². The van der Waals surface area contributed by atoms with Gasteiger partial charge in [0.05, 0.1) is 26.4 Å². The molecule has 0 aliphatic heterocycles. The van der Waals surface area contributed by atoms with Gasteiger partial charge in [0.15, 0.2) is 12.2 Å². The zero-order chi connectivity index (χ0) is 75.5. The summed E-state index contributed by atoms with van der Waals surface area (Å²) in [6, 6.07) is 0. The predicted molar refractivity (Wildman–Crippen MR) is 423 cm³/mol. The second kappa shape index (κ2) is 76.8. The summed E-state index contributed by atoms with van der Waals surface area (Å²) in [7, 11) is -9.91. The van der Waals surface area contributed by atoms with Crippen molar-refractivity contribution in [1.29, 1.82) is 0 Å². The Hall–Kier alpha value is -1.94. The van der Waals surface area contributed by atoms with Crippen LogP contribution in [0.4, 0.5) is 0 Å². The number of rotatable bonds is 84. The van der Waals surface area contributed by atoms with E-state index in [0.717, 1.165) is 102 Å². The van der Waals surface area contributed by atoms with Gasteiger partial charge in [-0.05, 0) is 31.6 Å². The van der Waals surface area contributed by atoms with Crippen LogP contribution in [-0.2, 0) is 65.4 Å². The molecule has 0 spiro atoms. The van der Waals surface area contributed by atoms with Gasteiger partial charge >= 0.3 is 39.5 Å². The molecule has 3 unspecified atom stereocenters. The fourth-order valence-corrected chi connectivity index (χ4v) is 14.7. The molecule has 0 bridgehead atoms. The Labute approximate surface area is 632 Å². The number of hydrogen-bond donors (Lipinski definition) is 3. The number of aliphatic hydroxyl groups excluding tert-OH is 1. The van der Waals surface area contributed by atoms with E-state index < -0.39 is 97.5 Å². The molecule has 0 saturated heterocycles. The van der Waals surface area contributed by atoms with E-state index in [1.54, 1.807) is 0 Å². The molecule has 17 nitrogen and oxygen atoms in total. The highest BCUT2D eigenvalue weighted by Gasteiger charge is 2.30. The van der Waals surface area contributed by atoms with Gasteiger partial charge < -0.3 is 33.8 Å². The minimum Gasteiger partial charge on any atom is -0.462 e. The summed E-state index contributed by atoms with van der Waals surface area (Å²) in [5.74, 6) is -1.24. The summed E-state index contributed by atoms with van der Waals surface area (Å²) in [5, 5.41) is 10.6. The average molecular weight is 1510 g/mol. The summed E-state index contributed by atoms with van der Waals surface area (Å²) in [6.45, 7) is 7.33.